The van der Waals surface area contributed by atoms with Crippen molar-refractivity contribution in [2.75, 3.05) is 0 Å². The van der Waals surface area contributed by atoms with Gasteiger partial charge < -0.3 is 5.11 Å². The Morgan fingerprint density at radius 1 is 1.71 bits per heavy atom. The zero-order valence-electron chi connectivity index (χ0n) is 8.80. The lowest BCUT2D eigenvalue weighted by Gasteiger charge is -1.98. The van der Waals surface area contributed by atoms with Crippen LogP contribution in [0, 0.1) is 18.3 Å². The molecule has 2 aromatic heterocycles. The van der Waals surface area contributed by atoms with Crippen LogP contribution in [0.5, 0.6) is 0 Å². The van der Waals surface area contributed by atoms with E-state index in [9.17, 15) is 9.59 Å². The van der Waals surface area contributed by atoms with Crippen LogP contribution < -0.4 is 5.56 Å². The van der Waals surface area contributed by atoms with E-state index in [1.807, 2.05) is 6.07 Å². The molecule has 0 aliphatic rings. The highest BCUT2D eigenvalue weighted by Crippen LogP contribution is 2.26. The fourth-order valence-corrected chi connectivity index (χ4v) is 2.53. The number of carboxylic acids is 1. The predicted molar refractivity (Wildman–Crippen MR) is 61.2 cm³/mol. The summed E-state index contributed by atoms with van der Waals surface area (Å²) < 4.78 is 1.16. The fraction of sp³-hybridized carbons (Fsp3) is 0.200. The first-order chi connectivity index (χ1) is 8.06. The summed E-state index contributed by atoms with van der Waals surface area (Å²) in [6, 6.07) is 1.85. The lowest BCUT2D eigenvalue weighted by molar-refractivity contribution is 0.0701. The number of carbonyl (C=O) groups is 1. The number of nitriles is 1. The third-order valence-electron chi connectivity index (χ3n) is 2.35. The van der Waals surface area contributed by atoms with Crippen molar-refractivity contribution in [2.24, 2.45) is 0 Å². The highest BCUT2D eigenvalue weighted by atomic mass is 32.1. The molecule has 0 aliphatic carbocycles. The molecule has 0 saturated heterocycles. The maximum Gasteiger partial charge on any atom is 0.346 e. The molecule has 86 valence electrons. The van der Waals surface area contributed by atoms with E-state index in [0.717, 1.165) is 15.9 Å². The predicted octanol–water partition coefficient (Wildman–Crippen LogP) is 0.988. The van der Waals surface area contributed by atoms with E-state index in [2.05, 4.69) is 4.98 Å². The quantitative estimate of drug-likeness (QED) is 0.856. The number of nitrogens with zero attached hydrogens (tertiary/aromatic N) is 3. The Hall–Kier alpha value is -2.20. The highest BCUT2D eigenvalue weighted by Gasteiger charge is 2.18. The zero-order chi connectivity index (χ0) is 12.6. The largest absolute Gasteiger partial charge is 0.477 e. The summed E-state index contributed by atoms with van der Waals surface area (Å²) >= 11 is 0.966. The topological polar surface area (TPSA) is 96.0 Å². The molecular weight excluding hydrogens is 242 g/mol. The average Bonchev–Trinajstić information content (AvgIpc) is 2.61. The van der Waals surface area contributed by atoms with Crippen LogP contribution in [0.4, 0.5) is 0 Å². The monoisotopic (exact) mass is 249 g/mol. The van der Waals surface area contributed by atoms with Gasteiger partial charge in [-0.2, -0.15) is 5.26 Å². The second kappa shape index (κ2) is 3.99. The number of aromatic nitrogens is 2. The standard InChI is InChI=1S/C10H7N3O3S/c1-5-6-8(17-7(5)10(15)16)12-4-13(3-2-11)9(6)14/h4H,3H2,1H3,(H,15,16). The molecule has 0 unspecified atom stereocenters. The van der Waals surface area contributed by atoms with E-state index in [-0.39, 0.29) is 22.4 Å². The minimum absolute atomic E-state index is 0.0978. The van der Waals surface area contributed by atoms with Crippen LogP contribution in [-0.2, 0) is 6.54 Å². The van der Waals surface area contributed by atoms with Gasteiger partial charge in [0.15, 0.2) is 0 Å². The fourth-order valence-electron chi connectivity index (χ4n) is 1.55. The summed E-state index contributed by atoms with van der Waals surface area (Å²) in [7, 11) is 0. The maximum absolute atomic E-state index is 12.0. The van der Waals surface area contributed by atoms with Crippen molar-refractivity contribution in [3.8, 4) is 6.07 Å². The summed E-state index contributed by atoms with van der Waals surface area (Å²) in [6.07, 6.45) is 1.26. The summed E-state index contributed by atoms with van der Waals surface area (Å²) in [4.78, 5) is 27.4. The number of hydrogen-bond donors (Lipinski definition) is 1. The smallest absolute Gasteiger partial charge is 0.346 e. The molecular formula is C10H7N3O3S. The van der Waals surface area contributed by atoms with Gasteiger partial charge in [0.25, 0.3) is 5.56 Å². The van der Waals surface area contributed by atoms with Crippen molar-refractivity contribution in [2.45, 2.75) is 13.5 Å². The number of fused-ring (bicyclic) bond motifs is 1. The van der Waals surface area contributed by atoms with E-state index >= 15 is 0 Å². The van der Waals surface area contributed by atoms with Crippen molar-refractivity contribution in [1.29, 1.82) is 5.26 Å². The van der Waals surface area contributed by atoms with Crippen LogP contribution in [0.2, 0.25) is 0 Å². The van der Waals surface area contributed by atoms with E-state index in [1.54, 1.807) is 6.92 Å². The van der Waals surface area contributed by atoms with Gasteiger partial charge in [-0.1, -0.05) is 0 Å². The average molecular weight is 249 g/mol. The molecule has 1 N–H and O–H groups in total. The zero-order valence-corrected chi connectivity index (χ0v) is 9.61. The molecule has 7 heteroatoms. The van der Waals surface area contributed by atoms with Crippen LogP contribution in [0.25, 0.3) is 10.2 Å². The third kappa shape index (κ3) is 1.68. The summed E-state index contributed by atoms with van der Waals surface area (Å²) in [5, 5.41) is 17.8. The highest BCUT2D eigenvalue weighted by molar-refractivity contribution is 7.20. The van der Waals surface area contributed by atoms with Gasteiger partial charge in [-0.05, 0) is 12.5 Å². The van der Waals surface area contributed by atoms with Gasteiger partial charge in [0, 0.05) is 0 Å². The van der Waals surface area contributed by atoms with Gasteiger partial charge in [0.2, 0.25) is 0 Å². The van der Waals surface area contributed by atoms with Crippen LogP contribution in [-0.4, -0.2) is 20.6 Å². The van der Waals surface area contributed by atoms with Gasteiger partial charge in [-0.25, -0.2) is 9.78 Å². The Morgan fingerprint density at radius 3 is 3.00 bits per heavy atom. The molecule has 2 aromatic rings. The van der Waals surface area contributed by atoms with E-state index in [1.165, 1.54) is 6.33 Å². The molecule has 0 radical (unpaired) electrons. The molecule has 6 nitrogen and oxygen atoms in total. The first-order valence-corrected chi connectivity index (χ1v) is 5.46. The minimum atomic E-state index is -1.07. The first-order valence-electron chi connectivity index (χ1n) is 4.65. The van der Waals surface area contributed by atoms with E-state index in [0.29, 0.717) is 10.4 Å². The van der Waals surface area contributed by atoms with Crippen molar-refractivity contribution < 1.29 is 9.90 Å². The van der Waals surface area contributed by atoms with Crippen LogP contribution >= 0.6 is 11.3 Å². The summed E-state index contributed by atoms with van der Waals surface area (Å²) in [5.74, 6) is -1.07. The Labute approximate surface area is 99.4 Å². The van der Waals surface area contributed by atoms with Gasteiger partial charge >= 0.3 is 5.97 Å². The Kier molecular flexibility index (Phi) is 2.65. The molecule has 0 saturated carbocycles. The SMILES string of the molecule is Cc1c(C(=O)O)sc2ncn(CC#N)c(=O)c12. The Bertz CT molecular complexity index is 708. The second-order valence-corrected chi connectivity index (χ2v) is 4.38. The van der Waals surface area contributed by atoms with E-state index in [4.69, 9.17) is 10.4 Å². The molecule has 0 aromatic carbocycles. The van der Waals surface area contributed by atoms with Gasteiger partial charge in [-0.3, -0.25) is 9.36 Å². The number of hydrogen-bond acceptors (Lipinski definition) is 5. The molecule has 0 fully saturated rings. The molecule has 17 heavy (non-hydrogen) atoms. The lowest BCUT2D eigenvalue weighted by Crippen LogP contribution is -2.19. The normalized spacial score (nSPS) is 10.4. The van der Waals surface area contributed by atoms with E-state index < -0.39 is 5.97 Å². The number of thiophene rings is 1. The van der Waals surface area contributed by atoms with Crippen LogP contribution in [0.1, 0.15) is 15.2 Å². The molecule has 2 heterocycles. The maximum atomic E-state index is 12.0. The molecule has 0 spiro atoms. The van der Waals surface area contributed by atoms with Crippen LogP contribution in [0.15, 0.2) is 11.1 Å². The summed E-state index contributed by atoms with van der Waals surface area (Å²) in [6.45, 7) is 1.47. The minimum Gasteiger partial charge on any atom is -0.477 e. The van der Waals surface area contributed by atoms with Crippen LogP contribution in [0.3, 0.4) is 0 Å². The van der Waals surface area contributed by atoms with Gasteiger partial charge in [0.05, 0.1) is 11.5 Å². The van der Waals surface area contributed by atoms with Crippen molar-refractivity contribution in [3.63, 3.8) is 0 Å². The van der Waals surface area contributed by atoms with Crippen molar-refractivity contribution in [1.82, 2.24) is 9.55 Å². The second-order valence-electron chi connectivity index (χ2n) is 3.38. The Morgan fingerprint density at radius 2 is 2.41 bits per heavy atom. The third-order valence-corrected chi connectivity index (χ3v) is 3.54. The number of rotatable bonds is 2. The number of aryl methyl sites for hydroxylation is 1. The van der Waals surface area contributed by atoms with Gasteiger partial charge in [-0.15, -0.1) is 11.3 Å². The molecule has 2 rings (SSSR count). The number of aromatic carboxylic acids is 1. The molecule has 0 amide bonds. The molecule has 0 atom stereocenters. The summed E-state index contributed by atoms with van der Waals surface area (Å²) in [5.41, 5.74) is 0.0279. The molecule has 0 aliphatic heterocycles. The van der Waals surface area contributed by atoms with Crippen molar-refractivity contribution >= 4 is 27.5 Å². The number of carboxylic acid groups (broad SMARTS) is 1. The Balaban J connectivity index is 2.82. The first kappa shape index (κ1) is 11.3. The molecule has 0 bridgehead atoms. The van der Waals surface area contributed by atoms with Gasteiger partial charge in [0.1, 0.15) is 22.6 Å². The lowest BCUT2D eigenvalue weighted by atomic mass is 10.2. The van der Waals surface area contributed by atoms with Crippen molar-refractivity contribution in [3.05, 3.63) is 27.1 Å².